The zero-order chi connectivity index (χ0) is 19.4. The number of piperazine rings is 1. The van der Waals surface area contributed by atoms with Crippen molar-refractivity contribution >= 4 is 23.7 Å². The van der Waals surface area contributed by atoms with Gasteiger partial charge in [-0.3, -0.25) is 14.6 Å². The molecule has 1 aromatic carbocycles. The predicted molar refractivity (Wildman–Crippen MR) is 93.5 cm³/mol. The van der Waals surface area contributed by atoms with Crippen LogP contribution in [0.5, 0.6) is 0 Å². The maximum absolute atomic E-state index is 13.1. The van der Waals surface area contributed by atoms with Crippen molar-refractivity contribution in [1.82, 2.24) is 9.88 Å². The first-order valence-corrected chi connectivity index (χ1v) is 8.26. The van der Waals surface area contributed by atoms with E-state index in [2.05, 4.69) is 10.3 Å². The molecule has 3 rings (SSSR count). The molecule has 0 unspecified atom stereocenters. The summed E-state index contributed by atoms with van der Waals surface area (Å²) in [5.41, 5.74) is -0.492. The number of aromatic nitrogens is 1. The molecule has 9 heteroatoms. The molecular weight excluding hydrogens is 361 g/mol. The first-order valence-electron chi connectivity index (χ1n) is 8.26. The summed E-state index contributed by atoms with van der Waals surface area (Å²) in [6, 6.07) is 8.03. The number of benzene rings is 1. The summed E-state index contributed by atoms with van der Waals surface area (Å²) < 4.78 is 39.2. The Morgan fingerprint density at radius 1 is 1.11 bits per heavy atom. The summed E-state index contributed by atoms with van der Waals surface area (Å²) in [5.74, 6) is -0.722. The van der Waals surface area contributed by atoms with Gasteiger partial charge in [-0.2, -0.15) is 13.2 Å². The van der Waals surface area contributed by atoms with Gasteiger partial charge in [-0.15, -0.1) is 0 Å². The molecular formula is C18H17F3N4O2. The van der Waals surface area contributed by atoms with Gasteiger partial charge in [0.2, 0.25) is 6.41 Å². The highest BCUT2D eigenvalue weighted by Gasteiger charge is 2.33. The molecule has 0 aliphatic carbocycles. The third kappa shape index (κ3) is 4.36. The van der Waals surface area contributed by atoms with E-state index in [0.717, 1.165) is 18.2 Å². The summed E-state index contributed by atoms with van der Waals surface area (Å²) in [6.07, 6.45) is -2.34. The number of hydrogen-bond donors (Lipinski definition) is 1. The third-order valence-corrected chi connectivity index (χ3v) is 4.29. The molecule has 2 heterocycles. The van der Waals surface area contributed by atoms with Gasteiger partial charge in [0, 0.05) is 38.1 Å². The van der Waals surface area contributed by atoms with Crippen LogP contribution in [0.25, 0.3) is 0 Å². The number of carbonyl (C=O) groups is 2. The zero-order valence-corrected chi connectivity index (χ0v) is 14.2. The van der Waals surface area contributed by atoms with Crippen molar-refractivity contribution < 1.29 is 22.8 Å². The van der Waals surface area contributed by atoms with Crippen LogP contribution in [0.1, 0.15) is 16.1 Å². The summed E-state index contributed by atoms with van der Waals surface area (Å²) in [7, 11) is 0. The standard InChI is InChI=1S/C18H17F3N4O2/c19-18(20,21)14-3-1-2-4-15(14)23-17(27)16-11-13(5-6-22-16)25-9-7-24(12-26)8-10-25/h1-6,11-12H,7-10H2,(H,23,27). The Morgan fingerprint density at radius 2 is 1.81 bits per heavy atom. The fourth-order valence-corrected chi connectivity index (χ4v) is 2.85. The summed E-state index contributed by atoms with van der Waals surface area (Å²) >= 11 is 0. The monoisotopic (exact) mass is 378 g/mol. The first-order chi connectivity index (χ1) is 12.9. The number of nitrogens with one attached hydrogen (secondary N) is 1. The normalized spacial score (nSPS) is 14.8. The first kappa shape index (κ1) is 18.7. The Morgan fingerprint density at radius 3 is 2.48 bits per heavy atom. The summed E-state index contributed by atoms with van der Waals surface area (Å²) in [6.45, 7) is 2.32. The van der Waals surface area contributed by atoms with E-state index >= 15 is 0 Å². The maximum atomic E-state index is 13.1. The highest BCUT2D eigenvalue weighted by atomic mass is 19.4. The van der Waals surface area contributed by atoms with Crippen LogP contribution >= 0.6 is 0 Å². The lowest BCUT2D eigenvalue weighted by Crippen LogP contribution is -2.45. The molecule has 27 heavy (non-hydrogen) atoms. The van der Waals surface area contributed by atoms with E-state index in [4.69, 9.17) is 0 Å². The molecule has 142 valence electrons. The number of rotatable bonds is 4. The van der Waals surface area contributed by atoms with E-state index in [1.165, 1.54) is 30.5 Å². The Bertz CT molecular complexity index is 833. The van der Waals surface area contributed by atoms with E-state index in [0.29, 0.717) is 26.2 Å². The predicted octanol–water partition coefficient (Wildman–Crippen LogP) is 2.63. The molecule has 0 bridgehead atoms. The van der Waals surface area contributed by atoms with Crippen molar-refractivity contribution in [2.45, 2.75) is 6.18 Å². The lowest BCUT2D eigenvalue weighted by atomic mass is 10.1. The van der Waals surface area contributed by atoms with Crippen LogP contribution in [0, 0.1) is 0 Å². The topological polar surface area (TPSA) is 65.5 Å². The van der Waals surface area contributed by atoms with Crippen molar-refractivity contribution in [2.24, 2.45) is 0 Å². The van der Waals surface area contributed by atoms with E-state index in [9.17, 15) is 22.8 Å². The van der Waals surface area contributed by atoms with Crippen molar-refractivity contribution in [2.75, 3.05) is 36.4 Å². The molecule has 0 spiro atoms. The molecule has 1 N–H and O–H groups in total. The Balaban J connectivity index is 1.76. The summed E-state index contributed by atoms with van der Waals surface area (Å²) in [5, 5.41) is 2.29. The molecule has 1 aliphatic heterocycles. The molecule has 0 saturated carbocycles. The molecule has 1 saturated heterocycles. The highest BCUT2D eigenvalue weighted by molar-refractivity contribution is 6.03. The van der Waals surface area contributed by atoms with Gasteiger partial charge < -0.3 is 15.1 Å². The molecule has 2 amide bonds. The number of pyridine rings is 1. The SMILES string of the molecule is O=CN1CCN(c2ccnc(C(=O)Nc3ccccc3C(F)(F)F)c2)CC1. The van der Waals surface area contributed by atoms with Crippen molar-refractivity contribution in [3.8, 4) is 0 Å². The van der Waals surface area contributed by atoms with Crippen LogP contribution in [-0.4, -0.2) is 48.4 Å². The van der Waals surface area contributed by atoms with E-state index in [1.54, 1.807) is 11.0 Å². The highest BCUT2D eigenvalue weighted by Crippen LogP contribution is 2.34. The molecule has 0 atom stereocenters. The molecule has 0 radical (unpaired) electrons. The number of hydrogen-bond acceptors (Lipinski definition) is 4. The quantitative estimate of drug-likeness (QED) is 0.831. The second-order valence-electron chi connectivity index (χ2n) is 6.03. The van der Waals surface area contributed by atoms with Crippen LogP contribution in [0.4, 0.5) is 24.5 Å². The zero-order valence-electron chi connectivity index (χ0n) is 14.2. The number of halogens is 3. The lowest BCUT2D eigenvalue weighted by Gasteiger charge is -2.34. The third-order valence-electron chi connectivity index (χ3n) is 4.29. The number of carbonyl (C=O) groups excluding carboxylic acids is 2. The minimum Gasteiger partial charge on any atom is -0.368 e. The van der Waals surface area contributed by atoms with Crippen LogP contribution in [0.2, 0.25) is 0 Å². The van der Waals surface area contributed by atoms with Gasteiger partial charge in [-0.05, 0) is 24.3 Å². The largest absolute Gasteiger partial charge is 0.418 e. The Labute approximate surface area is 153 Å². The van der Waals surface area contributed by atoms with Gasteiger partial charge in [-0.1, -0.05) is 12.1 Å². The second-order valence-corrected chi connectivity index (χ2v) is 6.03. The molecule has 1 fully saturated rings. The van der Waals surface area contributed by atoms with Gasteiger partial charge in [-0.25, -0.2) is 0 Å². The maximum Gasteiger partial charge on any atom is 0.418 e. The molecule has 6 nitrogen and oxygen atoms in total. The number of anilines is 2. The number of para-hydroxylation sites is 1. The van der Waals surface area contributed by atoms with Crippen LogP contribution in [0.3, 0.4) is 0 Å². The molecule has 1 aromatic heterocycles. The van der Waals surface area contributed by atoms with Gasteiger partial charge in [0.25, 0.3) is 5.91 Å². The second kappa shape index (κ2) is 7.65. The van der Waals surface area contributed by atoms with Gasteiger partial charge in [0.1, 0.15) is 5.69 Å². The van der Waals surface area contributed by atoms with Crippen molar-refractivity contribution in [3.63, 3.8) is 0 Å². The fraction of sp³-hybridized carbons (Fsp3) is 0.278. The fourth-order valence-electron chi connectivity index (χ4n) is 2.85. The van der Waals surface area contributed by atoms with Gasteiger partial charge >= 0.3 is 6.18 Å². The van der Waals surface area contributed by atoms with Crippen molar-refractivity contribution in [3.05, 3.63) is 53.9 Å². The van der Waals surface area contributed by atoms with E-state index in [1.807, 2.05) is 4.90 Å². The minimum atomic E-state index is -4.57. The average molecular weight is 378 g/mol. The van der Waals surface area contributed by atoms with Crippen LogP contribution < -0.4 is 10.2 Å². The van der Waals surface area contributed by atoms with Gasteiger partial charge in [0.05, 0.1) is 11.3 Å². The average Bonchev–Trinajstić information content (AvgIpc) is 2.68. The molecule has 2 aromatic rings. The van der Waals surface area contributed by atoms with Gasteiger partial charge in [0.15, 0.2) is 0 Å². The number of alkyl halides is 3. The lowest BCUT2D eigenvalue weighted by molar-refractivity contribution is -0.136. The van der Waals surface area contributed by atoms with Crippen molar-refractivity contribution in [1.29, 1.82) is 0 Å². The number of amides is 2. The summed E-state index contributed by atoms with van der Waals surface area (Å²) in [4.78, 5) is 30.8. The smallest absolute Gasteiger partial charge is 0.368 e. The molecule has 1 aliphatic rings. The minimum absolute atomic E-state index is 0.0160. The van der Waals surface area contributed by atoms with Crippen LogP contribution in [0.15, 0.2) is 42.6 Å². The van der Waals surface area contributed by atoms with Crippen LogP contribution in [-0.2, 0) is 11.0 Å². The van der Waals surface area contributed by atoms with E-state index < -0.39 is 17.6 Å². The Kier molecular flexibility index (Phi) is 5.29. The number of nitrogens with zero attached hydrogens (tertiary/aromatic N) is 3. The Hall–Kier alpha value is -3.10. The van der Waals surface area contributed by atoms with E-state index in [-0.39, 0.29) is 11.4 Å².